The average molecular weight is 288 g/mol. The summed E-state index contributed by atoms with van der Waals surface area (Å²) in [6, 6.07) is 0. The van der Waals surface area contributed by atoms with Crippen molar-refractivity contribution in [1.82, 2.24) is 0 Å². The smallest absolute Gasteiger partial charge is 0.307 e. The molecule has 1 aliphatic carbocycles. The Hall–Kier alpha value is -2.12. The number of carbonyl (C=O) groups is 4. The minimum Gasteiger partial charge on any atom is -0.481 e. The molecule has 8 nitrogen and oxygen atoms in total. The Labute approximate surface area is 114 Å². The van der Waals surface area contributed by atoms with E-state index in [1.54, 1.807) is 0 Å². The molecule has 0 aromatic carbocycles. The Kier molecular flexibility index (Phi) is 5.06. The highest BCUT2D eigenvalue weighted by Crippen LogP contribution is 2.34. The second-order valence-corrected chi connectivity index (χ2v) is 4.93. The zero-order valence-electron chi connectivity index (χ0n) is 10.6. The van der Waals surface area contributed by atoms with E-state index in [-0.39, 0.29) is 25.7 Å². The van der Waals surface area contributed by atoms with Gasteiger partial charge in [0.25, 0.3) is 0 Å². The summed E-state index contributed by atoms with van der Waals surface area (Å²) in [6.07, 6.45) is -0.639. The summed E-state index contributed by atoms with van der Waals surface area (Å²) >= 11 is 0. The summed E-state index contributed by atoms with van der Waals surface area (Å²) in [6.45, 7) is 0. The van der Waals surface area contributed by atoms with Gasteiger partial charge in [0.1, 0.15) is 0 Å². The van der Waals surface area contributed by atoms with Gasteiger partial charge in [0, 0.05) is 0 Å². The minimum absolute atomic E-state index is 0.160. The molecule has 4 N–H and O–H groups in total. The molecule has 0 amide bonds. The molecular formula is C12H16O8. The van der Waals surface area contributed by atoms with Crippen molar-refractivity contribution in [2.45, 2.75) is 25.7 Å². The van der Waals surface area contributed by atoms with Crippen LogP contribution in [-0.2, 0) is 19.2 Å². The van der Waals surface area contributed by atoms with E-state index in [2.05, 4.69) is 0 Å². The van der Waals surface area contributed by atoms with E-state index in [1.165, 1.54) is 0 Å². The maximum Gasteiger partial charge on any atom is 0.307 e. The molecule has 8 heteroatoms. The molecule has 4 unspecified atom stereocenters. The predicted molar refractivity (Wildman–Crippen MR) is 63.0 cm³/mol. The van der Waals surface area contributed by atoms with Crippen LogP contribution in [0.4, 0.5) is 0 Å². The van der Waals surface area contributed by atoms with Gasteiger partial charge in [-0.3, -0.25) is 19.2 Å². The lowest BCUT2D eigenvalue weighted by molar-refractivity contribution is -0.160. The molecule has 0 bridgehead atoms. The largest absolute Gasteiger partial charge is 0.481 e. The average Bonchev–Trinajstić information content (AvgIpc) is 2.26. The molecule has 0 saturated heterocycles. The molecule has 4 atom stereocenters. The Morgan fingerprint density at radius 3 is 0.750 bits per heavy atom. The highest BCUT2D eigenvalue weighted by molar-refractivity contribution is 5.82. The number of hydrogen-bond donors (Lipinski definition) is 4. The quantitative estimate of drug-likeness (QED) is 0.579. The van der Waals surface area contributed by atoms with Crippen molar-refractivity contribution >= 4 is 23.9 Å². The van der Waals surface area contributed by atoms with Crippen LogP contribution in [0.1, 0.15) is 25.7 Å². The fourth-order valence-electron chi connectivity index (χ4n) is 2.71. The second-order valence-electron chi connectivity index (χ2n) is 4.93. The standard InChI is InChI=1S/C12H16O8/c13-9(14)5-1-2-6(10(15)16)8(12(19)20)4-3-7(5)11(17)18/h5-8H,1-4H2,(H,13,14)(H,15,16)(H,17,18)(H,19,20). The molecule has 20 heavy (non-hydrogen) atoms. The van der Waals surface area contributed by atoms with Crippen LogP contribution < -0.4 is 0 Å². The molecule has 1 aliphatic rings. The van der Waals surface area contributed by atoms with Crippen LogP contribution in [0.3, 0.4) is 0 Å². The fourth-order valence-corrected chi connectivity index (χ4v) is 2.71. The highest BCUT2D eigenvalue weighted by atomic mass is 16.4. The van der Waals surface area contributed by atoms with Crippen LogP contribution in [0.25, 0.3) is 0 Å². The van der Waals surface area contributed by atoms with Crippen LogP contribution in [0, 0.1) is 23.7 Å². The van der Waals surface area contributed by atoms with E-state index in [0.29, 0.717) is 0 Å². The van der Waals surface area contributed by atoms with Crippen LogP contribution >= 0.6 is 0 Å². The summed E-state index contributed by atoms with van der Waals surface area (Å²) in [5, 5.41) is 36.2. The molecule has 1 fully saturated rings. The van der Waals surface area contributed by atoms with Crippen LogP contribution in [0.2, 0.25) is 0 Å². The summed E-state index contributed by atoms with van der Waals surface area (Å²) in [4.78, 5) is 44.4. The number of carboxylic acid groups (broad SMARTS) is 4. The Morgan fingerprint density at radius 2 is 0.650 bits per heavy atom. The van der Waals surface area contributed by atoms with Gasteiger partial charge in [0.15, 0.2) is 0 Å². The zero-order chi connectivity index (χ0) is 15.4. The number of carboxylic acids is 4. The van der Waals surface area contributed by atoms with Crippen LogP contribution in [-0.4, -0.2) is 44.3 Å². The summed E-state index contributed by atoms with van der Waals surface area (Å²) in [7, 11) is 0. The molecule has 1 saturated carbocycles. The van der Waals surface area contributed by atoms with Crippen molar-refractivity contribution in [3.63, 3.8) is 0 Å². The monoisotopic (exact) mass is 288 g/mol. The molecule has 1 rings (SSSR count). The predicted octanol–water partition coefficient (Wildman–Crippen LogP) is 0.364. The Morgan fingerprint density at radius 1 is 0.500 bits per heavy atom. The lowest BCUT2D eigenvalue weighted by atomic mass is 9.74. The highest BCUT2D eigenvalue weighted by Gasteiger charge is 2.42. The molecule has 0 heterocycles. The molecule has 0 spiro atoms. The van der Waals surface area contributed by atoms with Gasteiger partial charge in [-0.25, -0.2) is 0 Å². The number of rotatable bonds is 4. The number of hydrogen-bond acceptors (Lipinski definition) is 4. The number of aliphatic carboxylic acids is 4. The minimum atomic E-state index is -1.30. The van der Waals surface area contributed by atoms with Gasteiger partial charge in [0.05, 0.1) is 23.7 Å². The summed E-state index contributed by atoms with van der Waals surface area (Å²) in [5.41, 5.74) is 0. The first-order valence-corrected chi connectivity index (χ1v) is 6.17. The SMILES string of the molecule is O=C(O)C1CCC(C(=O)O)C(C(=O)O)CCC1C(=O)O. The maximum absolute atomic E-state index is 11.1. The molecule has 112 valence electrons. The van der Waals surface area contributed by atoms with Gasteiger partial charge >= 0.3 is 23.9 Å². The maximum atomic E-state index is 11.1. The molecular weight excluding hydrogens is 272 g/mol. The fraction of sp³-hybridized carbons (Fsp3) is 0.667. The molecule has 0 aliphatic heterocycles. The van der Waals surface area contributed by atoms with Crippen LogP contribution in [0.5, 0.6) is 0 Å². The van der Waals surface area contributed by atoms with Crippen molar-refractivity contribution < 1.29 is 39.6 Å². The van der Waals surface area contributed by atoms with Gasteiger partial charge in [-0.1, -0.05) is 0 Å². The van der Waals surface area contributed by atoms with Crippen molar-refractivity contribution in [3.05, 3.63) is 0 Å². The van der Waals surface area contributed by atoms with E-state index < -0.39 is 47.5 Å². The van der Waals surface area contributed by atoms with Crippen molar-refractivity contribution in [2.75, 3.05) is 0 Å². The first kappa shape index (κ1) is 15.9. The summed E-state index contributed by atoms with van der Waals surface area (Å²) < 4.78 is 0. The first-order chi connectivity index (χ1) is 9.25. The van der Waals surface area contributed by atoms with Crippen molar-refractivity contribution in [1.29, 1.82) is 0 Å². The second kappa shape index (κ2) is 6.36. The summed E-state index contributed by atoms with van der Waals surface area (Å²) in [5.74, 6) is -9.95. The van der Waals surface area contributed by atoms with Gasteiger partial charge in [-0.05, 0) is 25.7 Å². The van der Waals surface area contributed by atoms with Gasteiger partial charge in [-0.2, -0.15) is 0 Å². The van der Waals surface area contributed by atoms with Crippen molar-refractivity contribution in [3.8, 4) is 0 Å². The van der Waals surface area contributed by atoms with Crippen molar-refractivity contribution in [2.24, 2.45) is 23.7 Å². The van der Waals surface area contributed by atoms with E-state index in [1.807, 2.05) is 0 Å². The molecule has 0 radical (unpaired) electrons. The third kappa shape index (κ3) is 3.46. The first-order valence-electron chi connectivity index (χ1n) is 6.17. The Balaban J connectivity index is 3.02. The van der Waals surface area contributed by atoms with E-state index >= 15 is 0 Å². The van der Waals surface area contributed by atoms with Gasteiger partial charge in [0.2, 0.25) is 0 Å². The van der Waals surface area contributed by atoms with E-state index in [0.717, 1.165) is 0 Å². The van der Waals surface area contributed by atoms with Gasteiger partial charge < -0.3 is 20.4 Å². The lowest BCUT2D eigenvalue weighted by Gasteiger charge is -2.29. The van der Waals surface area contributed by atoms with Gasteiger partial charge in [-0.15, -0.1) is 0 Å². The van der Waals surface area contributed by atoms with Crippen LogP contribution in [0.15, 0.2) is 0 Å². The molecule has 0 aromatic heterocycles. The lowest BCUT2D eigenvalue weighted by Crippen LogP contribution is -2.37. The van der Waals surface area contributed by atoms with E-state index in [4.69, 9.17) is 20.4 Å². The Bertz CT molecular complexity index is 349. The van der Waals surface area contributed by atoms with E-state index in [9.17, 15) is 19.2 Å². The topological polar surface area (TPSA) is 149 Å². The third-order valence-corrected chi connectivity index (χ3v) is 3.82. The normalized spacial score (nSPS) is 30.8. The zero-order valence-corrected chi connectivity index (χ0v) is 10.6. The molecule has 0 aromatic rings. The third-order valence-electron chi connectivity index (χ3n) is 3.82.